The third-order valence-electron chi connectivity index (χ3n) is 7.09. The highest BCUT2D eigenvalue weighted by molar-refractivity contribution is 5.97. The zero-order valence-corrected chi connectivity index (χ0v) is 19.5. The number of carbonyl (C=O) groups excluding carboxylic acids is 1. The van der Waals surface area contributed by atoms with Gasteiger partial charge >= 0.3 is 0 Å². The van der Waals surface area contributed by atoms with Crippen molar-refractivity contribution < 1.29 is 23.1 Å². The number of aliphatic hydroxyl groups is 1. The molecule has 8 nitrogen and oxygen atoms in total. The van der Waals surface area contributed by atoms with Gasteiger partial charge in [0.15, 0.2) is 28.9 Å². The summed E-state index contributed by atoms with van der Waals surface area (Å²) in [6, 6.07) is 1.54. The molecule has 0 spiro atoms. The molecule has 188 valence electrons. The van der Waals surface area contributed by atoms with Crippen molar-refractivity contribution in [1.29, 1.82) is 0 Å². The Labute approximate surface area is 203 Å². The number of nitrogens with one attached hydrogen (secondary N) is 1. The molecule has 3 aromatic heterocycles. The summed E-state index contributed by atoms with van der Waals surface area (Å²) >= 11 is 0. The van der Waals surface area contributed by atoms with Gasteiger partial charge in [-0.3, -0.25) is 14.2 Å². The Balaban J connectivity index is 1.50. The molecule has 0 bridgehead atoms. The molecule has 1 amide bonds. The van der Waals surface area contributed by atoms with Crippen LogP contribution in [0.1, 0.15) is 43.0 Å². The van der Waals surface area contributed by atoms with Crippen molar-refractivity contribution in [3.05, 3.63) is 57.8 Å². The van der Waals surface area contributed by atoms with Crippen molar-refractivity contribution in [2.75, 3.05) is 18.0 Å². The van der Waals surface area contributed by atoms with Gasteiger partial charge in [-0.2, -0.15) is 0 Å². The number of hydrogen-bond donors (Lipinski definition) is 2. The number of fused-ring (bicyclic) bond motifs is 1. The van der Waals surface area contributed by atoms with Crippen molar-refractivity contribution in [3.8, 4) is 5.82 Å². The lowest BCUT2D eigenvalue weighted by Gasteiger charge is -2.44. The monoisotopic (exact) mass is 499 g/mol. The summed E-state index contributed by atoms with van der Waals surface area (Å²) in [5, 5.41) is 12.8. The maximum absolute atomic E-state index is 15.1. The van der Waals surface area contributed by atoms with Crippen LogP contribution in [-0.4, -0.2) is 50.3 Å². The molecule has 0 atom stereocenters. The van der Waals surface area contributed by atoms with E-state index in [0.29, 0.717) is 17.9 Å². The Hall–Kier alpha value is -3.47. The Kier molecular flexibility index (Phi) is 5.12. The first-order valence-electron chi connectivity index (χ1n) is 12.0. The number of aromatic nitrogens is 3. The van der Waals surface area contributed by atoms with E-state index in [1.165, 1.54) is 4.90 Å². The van der Waals surface area contributed by atoms with Crippen molar-refractivity contribution in [1.82, 2.24) is 19.9 Å². The number of pyridine rings is 3. The molecule has 1 aliphatic heterocycles. The fourth-order valence-electron chi connectivity index (χ4n) is 5.03. The fourth-order valence-corrected chi connectivity index (χ4v) is 5.03. The first-order chi connectivity index (χ1) is 17.1. The summed E-state index contributed by atoms with van der Waals surface area (Å²) in [5.74, 6) is -3.18. The molecule has 0 unspecified atom stereocenters. The third kappa shape index (κ3) is 4.01. The van der Waals surface area contributed by atoms with Crippen LogP contribution in [-0.2, 0) is 0 Å². The van der Waals surface area contributed by atoms with Crippen LogP contribution in [0.5, 0.6) is 0 Å². The van der Waals surface area contributed by atoms with Gasteiger partial charge in [-0.25, -0.2) is 23.1 Å². The fraction of sp³-hybridized carbons (Fsp3) is 0.440. The minimum Gasteiger partial charge on any atom is -0.386 e. The number of carbonyl (C=O) groups is 1. The molecule has 2 N–H and O–H groups in total. The first kappa shape index (κ1) is 23.0. The third-order valence-corrected chi connectivity index (χ3v) is 7.09. The van der Waals surface area contributed by atoms with E-state index in [4.69, 9.17) is 0 Å². The van der Waals surface area contributed by atoms with Gasteiger partial charge in [0.1, 0.15) is 11.4 Å². The van der Waals surface area contributed by atoms with Crippen LogP contribution in [0.4, 0.5) is 19.0 Å². The zero-order chi connectivity index (χ0) is 25.4. The molecule has 6 rings (SSSR count). The van der Waals surface area contributed by atoms with Crippen molar-refractivity contribution >= 4 is 22.8 Å². The number of rotatable bonds is 6. The Bertz CT molecular complexity index is 1450. The Morgan fingerprint density at radius 2 is 1.75 bits per heavy atom. The summed E-state index contributed by atoms with van der Waals surface area (Å²) in [5.41, 5.74) is -2.21. The maximum atomic E-state index is 15.1. The van der Waals surface area contributed by atoms with E-state index in [0.717, 1.165) is 48.7 Å². The van der Waals surface area contributed by atoms with Crippen molar-refractivity contribution in [2.45, 2.75) is 44.2 Å². The predicted molar refractivity (Wildman–Crippen MR) is 125 cm³/mol. The smallest absolute Gasteiger partial charge is 0.257 e. The van der Waals surface area contributed by atoms with Crippen LogP contribution in [0, 0.1) is 29.3 Å². The van der Waals surface area contributed by atoms with Gasteiger partial charge in [0, 0.05) is 31.4 Å². The van der Waals surface area contributed by atoms with Gasteiger partial charge in [-0.1, -0.05) is 0 Å². The van der Waals surface area contributed by atoms with E-state index < -0.39 is 40.2 Å². The Morgan fingerprint density at radius 3 is 2.33 bits per heavy atom. The van der Waals surface area contributed by atoms with E-state index in [1.54, 1.807) is 6.92 Å². The molecule has 3 aliphatic rings. The average molecular weight is 499 g/mol. The second-order valence-electron chi connectivity index (χ2n) is 10.4. The molecule has 3 fully saturated rings. The highest BCUT2D eigenvalue weighted by Crippen LogP contribution is 2.44. The van der Waals surface area contributed by atoms with Gasteiger partial charge in [-0.15, -0.1) is 0 Å². The van der Waals surface area contributed by atoms with Crippen molar-refractivity contribution in [3.63, 3.8) is 0 Å². The second-order valence-corrected chi connectivity index (χ2v) is 10.4. The molecule has 11 heteroatoms. The summed E-state index contributed by atoms with van der Waals surface area (Å²) in [6.07, 6.45) is 5.96. The molecule has 2 saturated carbocycles. The standard InChI is InChI=1S/C25H24F3N5O3/c1-25(36)10-32(11-25)23-18(28)7-15-20(34)16(24(35)30-19(12-2-3-12)13-4-5-13)9-33(21(15)31-23)22-17(27)6-14(26)8-29-22/h6-9,12-13,19,36H,2-5,10-11H2,1H3,(H,30,35). The first-order valence-corrected chi connectivity index (χ1v) is 12.0. The van der Waals surface area contributed by atoms with Crippen LogP contribution >= 0.6 is 0 Å². The maximum Gasteiger partial charge on any atom is 0.257 e. The summed E-state index contributed by atoms with van der Waals surface area (Å²) in [7, 11) is 0. The van der Waals surface area contributed by atoms with Crippen LogP contribution in [0.15, 0.2) is 29.3 Å². The second kappa shape index (κ2) is 8.02. The number of anilines is 1. The molecule has 4 heterocycles. The summed E-state index contributed by atoms with van der Waals surface area (Å²) < 4.78 is 44.5. The number of hydrogen-bond acceptors (Lipinski definition) is 6. The number of nitrogens with zero attached hydrogens (tertiary/aromatic N) is 4. The van der Waals surface area contributed by atoms with Gasteiger partial charge in [0.25, 0.3) is 5.91 Å². The molecule has 36 heavy (non-hydrogen) atoms. The Morgan fingerprint density at radius 1 is 1.11 bits per heavy atom. The SMILES string of the molecule is CC1(O)CN(c2nc3c(cc2F)c(=O)c(C(=O)NC(C2CC2)C2CC2)cn3-c2ncc(F)cc2F)C1. The van der Waals surface area contributed by atoms with Crippen LogP contribution < -0.4 is 15.6 Å². The quantitative estimate of drug-likeness (QED) is 0.541. The minimum atomic E-state index is -1.04. The molecule has 2 aliphatic carbocycles. The normalized spacial score (nSPS) is 19.0. The zero-order valence-electron chi connectivity index (χ0n) is 19.5. The highest BCUT2D eigenvalue weighted by Gasteiger charge is 2.43. The molecular formula is C25H24F3N5O3. The molecule has 0 radical (unpaired) electrons. The van der Waals surface area contributed by atoms with Crippen molar-refractivity contribution in [2.24, 2.45) is 11.8 Å². The van der Waals surface area contributed by atoms with Gasteiger partial charge in [0.05, 0.1) is 17.2 Å². The van der Waals surface area contributed by atoms with E-state index in [2.05, 4.69) is 15.3 Å². The predicted octanol–water partition coefficient (Wildman–Crippen LogP) is 2.69. The van der Waals surface area contributed by atoms with E-state index in [1.807, 2.05) is 0 Å². The minimum absolute atomic E-state index is 0.0434. The molecule has 1 saturated heterocycles. The average Bonchev–Trinajstić information content (AvgIpc) is 3.71. The lowest BCUT2D eigenvalue weighted by Crippen LogP contribution is -2.60. The van der Waals surface area contributed by atoms with E-state index in [-0.39, 0.29) is 41.5 Å². The lowest BCUT2D eigenvalue weighted by atomic mass is 9.97. The summed E-state index contributed by atoms with van der Waals surface area (Å²) in [6.45, 7) is 1.82. The number of halogens is 3. The number of β-amino-alcohol motifs (C(OH)–C–C–N with tert-alkyl or cyclic N) is 1. The molecule has 3 aromatic rings. The topological polar surface area (TPSA) is 100 Å². The molecular weight excluding hydrogens is 475 g/mol. The summed E-state index contributed by atoms with van der Waals surface area (Å²) in [4.78, 5) is 36.2. The van der Waals surface area contributed by atoms with Crippen LogP contribution in [0.2, 0.25) is 0 Å². The van der Waals surface area contributed by atoms with E-state index in [9.17, 15) is 23.5 Å². The van der Waals surface area contributed by atoms with Gasteiger partial charge in [0.2, 0.25) is 5.43 Å². The lowest BCUT2D eigenvalue weighted by molar-refractivity contribution is 0.0301. The van der Waals surface area contributed by atoms with Gasteiger partial charge < -0.3 is 15.3 Å². The van der Waals surface area contributed by atoms with Gasteiger partial charge in [-0.05, 0) is 50.5 Å². The largest absolute Gasteiger partial charge is 0.386 e. The van der Waals surface area contributed by atoms with Crippen LogP contribution in [0.3, 0.4) is 0 Å². The molecule has 0 aromatic carbocycles. The van der Waals surface area contributed by atoms with E-state index >= 15 is 4.39 Å². The van der Waals surface area contributed by atoms with Crippen LogP contribution in [0.25, 0.3) is 16.9 Å². The number of amides is 1. The highest BCUT2D eigenvalue weighted by atomic mass is 19.1.